The van der Waals surface area contributed by atoms with E-state index in [2.05, 4.69) is 60.7 Å². The van der Waals surface area contributed by atoms with E-state index in [0.29, 0.717) is 0 Å². The van der Waals surface area contributed by atoms with Crippen LogP contribution in [0.3, 0.4) is 0 Å². The molecule has 2 aromatic rings. The van der Waals surface area contributed by atoms with Crippen LogP contribution in [0.15, 0.2) is 60.7 Å². The second-order valence-electron chi connectivity index (χ2n) is 4.94. The standard InChI is InChI=1S/C19H20OS/c1-16(20)21-14-6-5-7-17-10-12-19(13-11-17)15-18-8-3-2-4-9-18/h2-5,7-13H,6,14-15H2,1H3. The number of allylic oxidation sites excluding steroid dienone is 1. The fourth-order valence-electron chi connectivity index (χ4n) is 2.07. The SMILES string of the molecule is CC(=O)SCCC=Cc1ccc(Cc2ccccc2)cc1. The maximum Gasteiger partial charge on any atom is 0.185 e. The monoisotopic (exact) mass is 296 g/mol. The summed E-state index contributed by atoms with van der Waals surface area (Å²) >= 11 is 1.38. The molecule has 0 aliphatic carbocycles. The molecule has 0 saturated heterocycles. The number of carbonyl (C=O) groups excluding carboxylic acids is 1. The van der Waals surface area contributed by atoms with Crippen molar-refractivity contribution in [3.8, 4) is 0 Å². The van der Waals surface area contributed by atoms with Crippen molar-refractivity contribution in [1.29, 1.82) is 0 Å². The predicted octanol–water partition coefficient (Wildman–Crippen LogP) is 4.96. The van der Waals surface area contributed by atoms with Crippen molar-refractivity contribution in [2.45, 2.75) is 19.8 Å². The molecule has 2 rings (SSSR count). The zero-order valence-corrected chi connectivity index (χ0v) is 13.1. The Bertz CT molecular complexity index is 585. The fraction of sp³-hybridized carbons (Fsp3) is 0.211. The minimum Gasteiger partial charge on any atom is -0.288 e. The summed E-state index contributed by atoms with van der Waals surface area (Å²) in [5.74, 6) is 0.859. The third-order valence-corrected chi connectivity index (χ3v) is 3.98. The molecule has 0 aliphatic heterocycles. The molecule has 0 saturated carbocycles. The Morgan fingerprint density at radius 2 is 1.67 bits per heavy atom. The van der Waals surface area contributed by atoms with Gasteiger partial charge < -0.3 is 0 Å². The molecule has 2 heteroatoms. The van der Waals surface area contributed by atoms with Crippen molar-refractivity contribution in [3.63, 3.8) is 0 Å². The van der Waals surface area contributed by atoms with Gasteiger partial charge in [0.15, 0.2) is 5.12 Å². The summed E-state index contributed by atoms with van der Waals surface area (Å²) in [5.41, 5.74) is 3.87. The number of rotatable bonds is 6. The summed E-state index contributed by atoms with van der Waals surface area (Å²) in [5, 5.41) is 0.189. The molecule has 0 spiro atoms. The van der Waals surface area contributed by atoms with E-state index in [4.69, 9.17) is 0 Å². The summed E-state index contributed by atoms with van der Waals surface area (Å²) in [6.07, 6.45) is 6.14. The first kappa shape index (κ1) is 15.6. The van der Waals surface area contributed by atoms with Gasteiger partial charge in [-0.15, -0.1) is 0 Å². The lowest BCUT2D eigenvalue weighted by Gasteiger charge is -2.02. The number of hydrogen-bond acceptors (Lipinski definition) is 2. The highest BCUT2D eigenvalue weighted by atomic mass is 32.2. The van der Waals surface area contributed by atoms with Crippen LogP contribution in [-0.2, 0) is 11.2 Å². The van der Waals surface area contributed by atoms with Crippen molar-refractivity contribution in [3.05, 3.63) is 77.4 Å². The topological polar surface area (TPSA) is 17.1 Å². The maximum atomic E-state index is 10.8. The maximum absolute atomic E-state index is 10.8. The Balaban J connectivity index is 1.84. The number of hydrogen-bond donors (Lipinski definition) is 0. The van der Waals surface area contributed by atoms with E-state index in [9.17, 15) is 4.79 Å². The summed E-state index contributed by atoms with van der Waals surface area (Å²) in [7, 11) is 0. The van der Waals surface area contributed by atoms with Crippen LogP contribution in [0.2, 0.25) is 0 Å². The first-order chi connectivity index (χ1) is 10.2. The second-order valence-corrected chi connectivity index (χ2v) is 6.21. The lowest BCUT2D eigenvalue weighted by atomic mass is 10.0. The van der Waals surface area contributed by atoms with Crippen LogP contribution in [0.4, 0.5) is 0 Å². The van der Waals surface area contributed by atoms with Crippen LogP contribution in [0.1, 0.15) is 30.0 Å². The molecular formula is C19H20OS. The van der Waals surface area contributed by atoms with Crippen molar-refractivity contribution in [1.82, 2.24) is 0 Å². The molecule has 0 aliphatic rings. The van der Waals surface area contributed by atoms with Gasteiger partial charge in [-0.25, -0.2) is 0 Å². The summed E-state index contributed by atoms with van der Waals surface area (Å²) in [6, 6.07) is 19.1. The van der Waals surface area contributed by atoms with Gasteiger partial charge in [0.25, 0.3) is 0 Å². The first-order valence-corrected chi connectivity index (χ1v) is 8.15. The molecule has 0 heterocycles. The van der Waals surface area contributed by atoms with Gasteiger partial charge in [0.1, 0.15) is 0 Å². The Morgan fingerprint density at radius 3 is 2.33 bits per heavy atom. The van der Waals surface area contributed by atoms with Crippen molar-refractivity contribution < 1.29 is 4.79 Å². The lowest BCUT2D eigenvalue weighted by Crippen LogP contribution is -1.87. The van der Waals surface area contributed by atoms with Gasteiger partial charge in [0.05, 0.1) is 0 Å². The van der Waals surface area contributed by atoms with E-state index in [1.54, 1.807) is 6.92 Å². The van der Waals surface area contributed by atoms with E-state index in [1.165, 1.54) is 28.5 Å². The minimum absolute atomic E-state index is 0.189. The first-order valence-electron chi connectivity index (χ1n) is 7.17. The van der Waals surface area contributed by atoms with Gasteiger partial charge in [0.2, 0.25) is 0 Å². The fourth-order valence-corrected chi connectivity index (χ4v) is 2.61. The van der Waals surface area contributed by atoms with Crippen LogP contribution >= 0.6 is 11.8 Å². The van der Waals surface area contributed by atoms with Crippen LogP contribution < -0.4 is 0 Å². The van der Waals surface area contributed by atoms with Crippen molar-refractivity contribution in [2.75, 3.05) is 5.75 Å². The third-order valence-electron chi connectivity index (χ3n) is 3.13. The Labute approximate surface area is 131 Å². The molecular weight excluding hydrogens is 276 g/mol. The zero-order chi connectivity index (χ0) is 14.9. The molecule has 0 unspecified atom stereocenters. The molecule has 0 radical (unpaired) electrons. The summed E-state index contributed by atoms with van der Waals surface area (Å²) in [6.45, 7) is 1.61. The molecule has 108 valence electrons. The van der Waals surface area contributed by atoms with E-state index >= 15 is 0 Å². The van der Waals surface area contributed by atoms with E-state index in [0.717, 1.165) is 18.6 Å². The molecule has 0 bridgehead atoms. The average Bonchev–Trinajstić information content (AvgIpc) is 2.49. The van der Waals surface area contributed by atoms with Crippen LogP contribution in [0.25, 0.3) is 6.08 Å². The Kier molecular flexibility index (Phi) is 6.29. The summed E-state index contributed by atoms with van der Waals surface area (Å²) in [4.78, 5) is 10.8. The normalized spacial score (nSPS) is 10.9. The minimum atomic E-state index is 0.189. The smallest absolute Gasteiger partial charge is 0.185 e. The van der Waals surface area contributed by atoms with Gasteiger partial charge in [0, 0.05) is 12.7 Å². The Hall–Kier alpha value is -1.80. The molecule has 0 fully saturated rings. The lowest BCUT2D eigenvalue weighted by molar-refractivity contribution is -0.109. The number of thioether (sulfide) groups is 1. The van der Waals surface area contributed by atoms with Gasteiger partial charge in [-0.05, 0) is 29.5 Å². The molecule has 0 aromatic heterocycles. The van der Waals surface area contributed by atoms with Gasteiger partial charge in [-0.2, -0.15) is 0 Å². The van der Waals surface area contributed by atoms with Gasteiger partial charge in [-0.1, -0.05) is 78.5 Å². The van der Waals surface area contributed by atoms with Gasteiger partial charge in [-0.3, -0.25) is 4.79 Å². The van der Waals surface area contributed by atoms with E-state index in [1.807, 2.05) is 6.07 Å². The van der Waals surface area contributed by atoms with Gasteiger partial charge >= 0.3 is 0 Å². The van der Waals surface area contributed by atoms with Crippen LogP contribution in [-0.4, -0.2) is 10.9 Å². The molecule has 0 atom stereocenters. The van der Waals surface area contributed by atoms with Crippen molar-refractivity contribution in [2.24, 2.45) is 0 Å². The number of benzene rings is 2. The highest BCUT2D eigenvalue weighted by Gasteiger charge is 1.96. The average molecular weight is 296 g/mol. The van der Waals surface area contributed by atoms with E-state index in [-0.39, 0.29) is 5.12 Å². The molecule has 2 aromatic carbocycles. The molecule has 1 nitrogen and oxygen atoms in total. The largest absolute Gasteiger partial charge is 0.288 e. The predicted molar refractivity (Wildman–Crippen MR) is 92.5 cm³/mol. The third kappa shape index (κ3) is 6.01. The van der Waals surface area contributed by atoms with Crippen molar-refractivity contribution >= 4 is 23.0 Å². The molecule has 0 amide bonds. The highest BCUT2D eigenvalue weighted by molar-refractivity contribution is 8.13. The highest BCUT2D eigenvalue weighted by Crippen LogP contribution is 2.12. The van der Waals surface area contributed by atoms with Crippen LogP contribution in [0.5, 0.6) is 0 Å². The second kappa shape index (κ2) is 8.48. The van der Waals surface area contributed by atoms with E-state index < -0.39 is 0 Å². The number of carbonyl (C=O) groups is 1. The quantitative estimate of drug-likeness (QED) is 0.701. The van der Waals surface area contributed by atoms with Crippen LogP contribution in [0, 0.1) is 0 Å². The molecule has 21 heavy (non-hydrogen) atoms. The molecule has 0 N–H and O–H groups in total. The summed E-state index contributed by atoms with van der Waals surface area (Å²) < 4.78 is 0. The Morgan fingerprint density at radius 1 is 1.00 bits per heavy atom. The zero-order valence-electron chi connectivity index (χ0n) is 12.3.